The molecule has 7 nitrogen and oxygen atoms in total. The summed E-state index contributed by atoms with van der Waals surface area (Å²) in [5.41, 5.74) is 3.65. The predicted molar refractivity (Wildman–Crippen MR) is 109 cm³/mol. The second-order valence-electron chi connectivity index (χ2n) is 6.56. The van der Waals surface area contributed by atoms with E-state index in [-0.39, 0.29) is 6.54 Å². The van der Waals surface area contributed by atoms with Crippen molar-refractivity contribution >= 4 is 33.3 Å². The summed E-state index contributed by atoms with van der Waals surface area (Å²) in [7, 11) is -2.39. The van der Waals surface area contributed by atoms with Gasteiger partial charge in [-0.1, -0.05) is 12.1 Å². The van der Waals surface area contributed by atoms with Crippen LogP contribution < -0.4 is 9.62 Å². The minimum absolute atomic E-state index is 0.328. The predicted octanol–water partition coefficient (Wildman–Crippen LogP) is 2.80. The van der Waals surface area contributed by atoms with Crippen LogP contribution in [0, 0.1) is 20.8 Å². The number of sulfonamides is 1. The smallest absolute Gasteiger partial charge is 0.338 e. The highest BCUT2D eigenvalue weighted by molar-refractivity contribution is 7.92. The van der Waals surface area contributed by atoms with Crippen molar-refractivity contribution in [1.29, 1.82) is 0 Å². The molecule has 0 aliphatic heterocycles. The summed E-state index contributed by atoms with van der Waals surface area (Å²) in [6.45, 7) is 5.09. The first-order chi connectivity index (χ1) is 13.0. The maximum absolute atomic E-state index is 12.6. The van der Waals surface area contributed by atoms with Gasteiger partial charge in [0.1, 0.15) is 6.54 Å². The summed E-state index contributed by atoms with van der Waals surface area (Å²) in [5.74, 6) is -1.03. The van der Waals surface area contributed by atoms with Gasteiger partial charge in [0.2, 0.25) is 15.9 Å². The number of hydrogen-bond acceptors (Lipinski definition) is 5. The molecule has 0 aliphatic rings. The molecule has 0 fully saturated rings. The number of hydrogen-bond donors (Lipinski definition) is 1. The largest absolute Gasteiger partial charge is 0.465 e. The van der Waals surface area contributed by atoms with Crippen LogP contribution in [0.2, 0.25) is 0 Å². The van der Waals surface area contributed by atoms with Crippen LogP contribution in [0.25, 0.3) is 0 Å². The molecule has 0 aliphatic carbocycles. The fourth-order valence-corrected chi connectivity index (χ4v) is 3.55. The van der Waals surface area contributed by atoms with Crippen molar-refractivity contribution < 1.29 is 22.7 Å². The molecule has 150 valence electrons. The summed E-state index contributed by atoms with van der Waals surface area (Å²) >= 11 is 0. The highest BCUT2D eigenvalue weighted by Crippen LogP contribution is 2.23. The minimum atomic E-state index is -3.67. The van der Waals surface area contributed by atoms with E-state index >= 15 is 0 Å². The summed E-state index contributed by atoms with van der Waals surface area (Å²) in [6.07, 6.45) is 1.05. The van der Waals surface area contributed by atoms with E-state index in [1.165, 1.54) is 7.11 Å². The van der Waals surface area contributed by atoms with E-state index in [1.54, 1.807) is 37.3 Å². The third-order valence-corrected chi connectivity index (χ3v) is 5.62. The molecule has 0 saturated heterocycles. The first-order valence-electron chi connectivity index (χ1n) is 8.57. The zero-order valence-electron chi connectivity index (χ0n) is 16.6. The molecule has 0 bridgehead atoms. The first-order valence-corrected chi connectivity index (χ1v) is 10.4. The highest BCUT2D eigenvalue weighted by atomic mass is 32.2. The lowest BCUT2D eigenvalue weighted by atomic mass is 10.1. The number of ether oxygens (including phenoxy) is 1. The number of carbonyl (C=O) groups is 2. The third kappa shape index (κ3) is 4.89. The van der Waals surface area contributed by atoms with Crippen molar-refractivity contribution in [2.75, 3.05) is 29.5 Å². The van der Waals surface area contributed by atoms with Crippen molar-refractivity contribution in [1.82, 2.24) is 0 Å². The molecule has 0 spiro atoms. The second-order valence-corrected chi connectivity index (χ2v) is 8.46. The number of methoxy groups -OCH3 is 1. The Morgan fingerprint density at radius 3 is 2.32 bits per heavy atom. The van der Waals surface area contributed by atoms with Crippen LogP contribution >= 0.6 is 0 Å². The SMILES string of the molecule is COC(=O)c1cccc(NC(=O)CN(c2ccc(C)c(C)c2)S(C)(=O)=O)c1C. The van der Waals surface area contributed by atoms with Gasteiger partial charge in [-0.25, -0.2) is 13.2 Å². The number of rotatable bonds is 6. The van der Waals surface area contributed by atoms with E-state index in [9.17, 15) is 18.0 Å². The van der Waals surface area contributed by atoms with Gasteiger partial charge in [-0.05, 0) is 61.7 Å². The van der Waals surface area contributed by atoms with E-state index in [4.69, 9.17) is 4.74 Å². The molecule has 2 rings (SSSR count). The molecule has 0 radical (unpaired) electrons. The molecule has 0 atom stereocenters. The first kappa shape index (κ1) is 21.4. The molecule has 1 amide bonds. The molecular formula is C20H24N2O5S. The van der Waals surface area contributed by atoms with Gasteiger partial charge in [-0.3, -0.25) is 9.10 Å². The lowest BCUT2D eigenvalue weighted by molar-refractivity contribution is -0.114. The number of carbonyl (C=O) groups excluding carboxylic acids is 2. The number of aryl methyl sites for hydroxylation is 2. The Morgan fingerprint density at radius 2 is 1.75 bits per heavy atom. The number of nitrogens with one attached hydrogen (secondary N) is 1. The lowest BCUT2D eigenvalue weighted by Gasteiger charge is -2.23. The monoisotopic (exact) mass is 404 g/mol. The molecule has 2 aromatic carbocycles. The summed E-state index contributed by atoms with van der Waals surface area (Å²) < 4.78 is 30.3. The molecule has 0 aromatic heterocycles. The fraction of sp³-hybridized carbons (Fsp3) is 0.300. The lowest BCUT2D eigenvalue weighted by Crippen LogP contribution is -2.37. The van der Waals surface area contributed by atoms with Crippen LogP contribution in [0.4, 0.5) is 11.4 Å². The molecular weight excluding hydrogens is 380 g/mol. The van der Waals surface area contributed by atoms with Gasteiger partial charge in [0.25, 0.3) is 0 Å². The zero-order chi connectivity index (χ0) is 21.1. The Kier molecular flexibility index (Phi) is 6.45. The molecule has 0 unspecified atom stereocenters. The fourth-order valence-electron chi connectivity index (χ4n) is 2.70. The number of anilines is 2. The molecule has 28 heavy (non-hydrogen) atoms. The highest BCUT2D eigenvalue weighted by Gasteiger charge is 2.22. The number of nitrogens with zero attached hydrogens (tertiary/aromatic N) is 1. The van der Waals surface area contributed by atoms with Gasteiger partial charge in [0, 0.05) is 5.69 Å². The molecule has 8 heteroatoms. The van der Waals surface area contributed by atoms with Crippen LogP contribution in [-0.2, 0) is 19.6 Å². The maximum Gasteiger partial charge on any atom is 0.338 e. The topological polar surface area (TPSA) is 92.8 Å². The van der Waals surface area contributed by atoms with Gasteiger partial charge >= 0.3 is 5.97 Å². The van der Waals surface area contributed by atoms with E-state index < -0.39 is 21.9 Å². The van der Waals surface area contributed by atoms with Crippen molar-refractivity contribution in [3.05, 3.63) is 58.7 Å². The maximum atomic E-state index is 12.6. The Balaban J connectivity index is 2.28. The minimum Gasteiger partial charge on any atom is -0.465 e. The summed E-state index contributed by atoms with van der Waals surface area (Å²) in [4.78, 5) is 24.4. The van der Waals surface area contributed by atoms with Gasteiger partial charge in [-0.15, -0.1) is 0 Å². The van der Waals surface area contributed by atoms with Gasteiger partial charge in [-0.2, -0.15) is 0 Å². The van der Waals surface area contributed by atoms with E-state index in [0.29, 0.717) is 22.5 Å². The zero-order valence-corrected chi connectivity index (χ0v) is 17.4. The molecule has 0 heterocycles. The normalized spacial score (nSPS) is 11.0. The molecule has 2 aromatic rings. The number of esters is 1. The van der Waals surface area contributed by atoms with Crippen molar-refractivity contribution in [2.24, 2.45) is 0 Å². The van der Waals surface area contributed by atoms with E-state index in [2.05, 4.69) is 5.32 Å². The Morgan fingerprint density at radius 1 is 1.07 bits per heavy atom. The Labute approximate surface area is 165 Å². The quantitative estimate of drug-likeness (QED) is 0.748. The van der Waals surface area contributed by atoms with Crippen LogP contribution in [-0.4, -0.2) is 40.2 Å². The van der Waals surface area contributed by atoms with Crippen LogP contribution in [0.3, 0.4) is 0 Å². The van der Waals surface area contributed by atoms with Crippen LogP contribution in [0.5, 0.6) is 0 Å². The Hall–Kier alpha value is -2.87. The van der Waals surface area contributed by atoms with Crippen LogP contribution in [0.1, 0.15) is 27.0 Å². The van der Waals surface area contributed by atoms with Crippen molar-refractivity contribution in [3.63, 3.8) is 0 Å². The molecule has 1 N–H and O–H groups in total. The van der Waals surface area contributed by atoms with Crippen LogP contribution in [0.15, 0.2) is 36.4 Å². The average Bonchev–Trinajstić information content (AvgIpc) is 2.62. The van der Waals surface area contributed by atoms with Gasteiger partial charge < -0.3 is 10.1 Å². The van der Waals surface area contributed by atoms with Gasteiger partial charge in [0.15, 0.2) is 0 Å². The number of amides is 1. The van der Waals surface area contributed by atoms with E-state index in [0.717, 1.165) is 21.7 Å². The van der Waals surface area contributed by atoms with Crippen molar-refractivity contribution in [3.8, 4) is 0 Å². The van der Waals surface area contributed by atoms with Crippen molar-refractivity contribution in [2.45, 2.75) is 20.8 Å². The Bertz CT molecular complexity index is 1020. The number of benzene rings is 2. The second kappa shape index (κ2) is 8.43. The molecule has 0 saturated carbocycles. The van der Waals surface area contributed by atoms with E-state index in [1.807, 2.05) is 19.9 Å². The average molecular weight is 404 g/mol. The van der Waals surface area contributed by atoms with Gasteiger partial charge in [0.05, 0.1) is 24.6 Å². The third-order valence-electron chi connectivity index (χ3n) is 4.48. The summed E-state index contributed by atoms with van der Waals surface area (Å²) in [5, 5.41) is 2.68. The standard InChI is InChI=1S/C20H24N2O5S/c1-13-9-10-16(11-14(13)2)22(28(5,25)26)12-19(23)21-18-8-6-7-17(15(18)3)20(24)27-4/h6-11H,12H2,1-5H3,(H,21,23). The summed E-state index contributed by atoms with van der Waals surface area (Å²) in [6, 6.07) is 10.1.